The lowest BCUT2D eigenvalue weighted by Crippen LogP contribution is -1.94. The normalized spacial score (nSPS) is 10.3. The first kappa shape index (κ1) is 10.5. The van der Waals surface area contributed by atoms with Gasteiger partial charge in [0.2, 0.25) is 5.13 Å². The fourth-order valence-corrected chi connectivity index (χ4v) is 2.05. The molecular weight excluding hydrogens is 228 g/mol. The van der Waals surface area contributed by atoms with Gasteiger partial charge in [-0.3, -0.25) is 10.1 Å². The molecule has 1 heterocycles. The van der Waals surface area contributed by atoms with Crippen molar-refractivity contribution in [2.75, 3.05) is 5.73 Å². The van der Waals surface area contributed by atoms with Gasteiger partial charge in [0, 0.05) is 5.56 Å². The zero-order valence-corrected chi connectivity index (χ0v) is 9.19. The van der Waals surface area contributed by atoms with E-state index in [1.807, 2.05) is 0 Å². The third-order valence-corrected chi connectivity index (χ3v) is 2.88. The van der Waals surface area contributed by atoms with Gasteiger partial charge in [-0.15, -0.1) is 10.2 Å². The summed E-state index contributed by atoms with van der Waals surface area (Å²) in [6.07, 6.45) is 0. The van der Waals surface area contributed by atoms with Crippen LogP contribution in [0.25, 0.3) is 10.6 Å². The van der Waals surface area contributed by atoms with Crippen LogP contribution in [-0.4, -0.2) is 15.1 Å². The minimum absolute atomic E-state index is 0.0543. The SMILES string of the molecule is Cc1cccc(-c2nnc(N)s2)c1[N+](=O)[O-]. The van der Waals surface area contributed by atoms with Gasteiger partial charge in [-0.25, -0.2) is 0 Å². The van der Waals surface area contributed by atoms with Crippen molar-refractivity contribution in [2.24, 2.45) is 0 Å². The second kappa shape index (κ2) is 3.86. The van der Waals surface area contributed by atoms with Crippen molar-refractivity contribution in [3.05, 3.63) is 33.9 Å². The second-order valence-electron chi connectivity index (χ2n) is 3.17. The van der Waals surface area contributed by atoms with Crippen molar-refractivity contribution < 1.29 is 4.92 Å². The highest BCUT2D eigenvalue weighted by atomic mass is 32.1. The summed E-state index contributed by atoms with van der Waals surface area (Å²) in [6.45, 7) is 1.69. The molecule has 0 unspecified atom stereocenters. The molecule has 0 fully saturated rings. The topological polar surface area (TPSA) is 94.9 Å². The van der Waals surface area contributed by atoms with E-state index in [1.165, 1.54) is 0 Å². The van der Waals surface area contributed by atoms with Crippen LogP contribution in [0.1, 0.15) is 5.56 Å². The lowest BCUT2D eigenvalue weighted by molar-refractivity contribution is -0.384. The van der Waals surface area contributed by atoms with Gasteiger partial charge < -0.3 is 5.73 Å². The van der Waals surface area contributed by atoms with Gasteiger partial charge in [-0.1, -0.05) is 23.5 Å². The first-order chi connectivity index (χ1) is 7.59. The van der Waals surface area contributed by atoms with Gasteiger partial charge >= 0.3 is 0 Å². The molecule has 2 N–H and O–H groups in total. The molecule has 0 aliphatic carbocycles. The van der Waals surface area contributed by atoms with E-state index in [0.717, 1.165) is 11.3 Å². The molecule has 0 radical (unpaired) electrons. The maximum Gasteiger partial charge on any atom is 0.282 e. The Balaban J connectivity index is 2.65. The van der Waals surface area contributed by atoms with E-state index in [2.05, 4.69) is 10.2 Å². The van der Waals surface area contributed by atoms with Gasteiger partial charge in [0.15, 0.2) is 5.01 Å². The Hall–Kier alpha value is -2.02. The average molecular weight is 236 g/mol. The quantitative estimate of drug-likeness (QED) is 0.635. The Labute approximate surface area is 94.9 Å². The maximum atomic E-state index is 11.0. The largest absolute Gasteiger partial charge is 0.374 e. The molecule has 0 bridgehead atoms. The molecule has 82 valence electrons. The Morgan fingerprint density at radius 2 is 2.19 bits per heavy atom. The van der Waals surface area contributed by atoms with Crippen LogP contribution < -0.4 is 5.73 Å². The lowest BCUT2D eigenvalue weighted by atomic mass is 10.1. The summed E-state index contributed by atoms with van der Waals surface area (Å²) < 4.78 is 0. The van der Waals surface area contributed by atoms with Crippen LogP contribution in [0.15, 0.2) is 18.2 Å². The number of nitrogens with two attached hydrogens (primary N) is 1. The molecule has 1 aromatic carbocycles. The van der Waals surface area contributed by atoms with Crippen LogP contribution >= 0.6 is 11.3 Å². The molecule has 2 rings (SSSR count). The molecule has 1 aromatic heterocycles. The number of hydrogen-bond acceptors (Lipinski definition) is 6. The number of anilines is 1. The van der Waals surface area contributed by atoms with E-state index in [0.29, 0.717) is 21.3 Å². The van der Waals surface area contributed by atoms with E-state index in [4.69, 9.17) is 5.73 Å². The molecule has 0 amide bonds. The van der Waals surface area contributed by atoms with E-state index in [-0.39, 0.29) is 5.69 Å². The molecule has 0 saturated carbocycles. The maximum absolute atomic E-state index is 11.0. The van der Waals surface area contributed by atoms with Gasteiger partial charge in [0.1, 0.15) is 0 Å². The third-order valence-electron chi connectivity index (χ3n) is 2.09. The standard InChI is InChI=1S/C9H8N4O2S/c1-5-3-2-4-6(7(5)13(14)15)8-11-12-9(10)16-8/h2-4H,1H3,(H2,10,12). The smallest absolute Gasteiger partial charge is 0.282 e. The molecule has 6 nitrogen and oxygen atoms in total. The number of nitro benzene ring substituents is 1. The number of nitrogen functional groups attached to an aromatic ring is 1. The molecule has 0 aliphatic heterocycles. The van der Waals surface area contributed by atoms with Crippen molar-refractivity contribution >= 4 is 22.2 Å². The predicted molar refractivity (Wildman–Crippen MR) is 61.1 cm³/mol. The Morgan fingerprint density at radius 1 is 1.44 bits per heavy atom. The molecule has 0 saturated heterocycles. The summed E-state index contributed by atoms with van der Waals surface area (Å²) in [4.78, 5) is 10.5. The average Bonchev–Trinajstić information content (AvgIpc) is 2.63. The molecular formula is C9H8N4O2S. The van der Waals surface area contributed by atoms with Gasteiger partial charge in [-0.2, -0.15) is 0 Å². The minimum atomic E-state index is -0.414. The Bertz CT molecular complexity index is 552. The highest BCUT2D eigenvalue weighted by molar-refractivity contribution is 7.18. The van der Waals surface area contributed by atoms with Gasteiger partial charge in [0.05, 0.1) is 10.5 Å². The van der Waals surface area contributed by atoms with Crippen molar-refractivity contribution in [3.63, 3.8) is 0 Å². The van der Waals surface area contributed by atoms with Crippen molar-refractivity contribution in [1.82, 2.24) is 10.2 Å². The van der Waals surface area contributed by atoms with Crippen molar-refractivity contribution in [2.45, 2.75) is 6.92 Å². The number of hydrogen-bond donors (Lipinski definition) is 1. The van der Waals surface area contributed by atoms with Crippen LogP contribution in [0.2, 0.25) is 0 Å². The first-order valence-electron chi connectivity index (χ1n) is 4.43. The number of aryl methyl sites for hydroxylation is 1. The number of nitro groups is 1. The van der Waals surface area contributed by atoms with Crippen LogP contribution in [0.5, 0.6) is 0 Å². The number of aromatic nitrogens is 2. The van der Waals surface area contributed by atoms with Crippen molar-refractivity contribution in [3.8, 4) is 10.6 Å². The second-order valence-corrected chi connectivity index (χ2v) is 4.18. The first-order valence-corrected chi connectivity index (χ1v) is 5.24. The van der Waals surface area contributed by atoms with Gasteiger partial charge in [-0.05, 0) is 13.0 Å². The molecule has 0 aliphatic rings. The molecule has 2 aromatic rings. The number of para-hydroxylation sites is 1. The molecule has 0 atom stereocenters. The lowest BCUT2D eigenvalue weighted by Gasteiger charge is -2.01. The Morgan fingerprint density at radius 3 is 2.75 bits per heavy atom. The summed E-state index contributed by atoms with van der Waals surface area (Å²) in [5.41, 5.74) is 6.56. The van der Waals surface area contributed by atoms with E-state index in [9.17, 15) is 10.1 Å². The highest BCUT2D eigenvalue weighted by Crippen LogP contribution is 2.34. The zero-order chi connectivity index (χ0) is 11.7. The minimum Gasteiger partial charge on any atom is -0.374 e. The van der Waals surface area contributed by atoms with Crippen LogP contribution in [0, 0.1) is 17.0 Å². The molecule has 16 heavy (non-hydrogen) atoms. The summed E-state index contributed by atoms with van der Waals surface area (Å²) in [5.74, 6) is 0. The van der Waals surface area contributed by atoms with Crippen LogP contribution in [-0.2, 0) is 0 Å². The van der Waals surface area contributed by atoms with Crippen LogP contribution in [0.4, 0.5) is 10.8 Å². The Kier molecular flexibility index (Phi) is 2.53. The summed E-state index contributed by atoms with van der Waals surface area (Å²) in [6, 6.07) is 5.08. The van der Waals surface area contributed by atoms with Gasteiger partial charge in [0.25, 0.3) is 5.69 Å². The summed E-state index contributed by atoms with van der Waals surface area (Å²) in [5, 5.41) is 19.2. The fourth-order valence-electron chi connectivity index (χ4n) is 1.42. The molecule has 0 spiro atoms. The highest BCUT2D eigenvalue weighted by Gasteiger charge is 2.20. The van der Waals surface area contributed by atoms with Crippen molar-refractivity contribution in [1.29, 1.82) is 0 Å². The van der Waals surface area contributed by atoms with Crippen LogP contribution in [0.3, 0.4) is 0 Å². The number of nitrogens with zero attached hydrogens (tertiary/aromatic N) is 3. The number of rotatable bonds is 2. The fraction of sp³-hybridized carbons (Fsp3) is 0.111. The summed E-state index contributed by atoms with van der Waals surface area (Å²) >= 11 is 1.13. The monoisotopic (exact) mass is 236 g/mol. The predicted octanol–water partition coefficient (Wildman–Crippen LogP) is 2.00. The van der Waals surface area contributed by atoms with E-state index < -0.39 is 4.92 Å². The van der Waals surface area contributed by atoms with E-state index >= 15 is 0 Å². The zero-order valence-electron chi connectivity index (χ0n) is 8.38. The third kappa shape index (κ3) is 1.72. The number of benzene rings is 1. The molecule has 7 heteroatoms. The summed E-state index contributed by atoms with van der Waals surface area (Å²) in [7, 11) is 0. The van der Waals surface area contributed by atoms with E-state index in [1.54, 1.807) is 25.1 Å².